The molecule has 1 aliphatic heterocycles. The van der Waals surface area contributed by atoms with E-state index in [1.165, 1.54) is 66.1 Å². The molecule has 0 atom stereocenters. The zero-order valence-corrected chi connectivity index (χ0v) is 72.3. The monoisotopic (exact) mass is 1720 g/mol. The van der Waals surface area contributed by atoms with E-state index in [1.54, 1.807) is 0 Å². The first-order valence-corrected chi connectivity index (χ1v) is 43.6. The van der Waals surface area contributed by atoms with Gasteiger partial charge in [-0.2, -0.15) is 15.0 Å². The highest BCUT2D eigenvalue weighted by molar-refractivity contribution is 6.62. The molecule has 19 heteroatoms. The van der Waals surface area contributed by atoms with Crippen LogP contribution < -0.4 is 5.46 Å². The van der Waals surface area contributed by atoms with Crippen molar-refractivity contribution in [3.63, 3.8) is 0 Å². The molecule has 24 rings (SSSR count). The predicted octanol–water partition coefficient (Wildman–Crippen LogP) is 28.0. The number of fused-ring (bicyclic) bond motifs is 9. The van der Waals surface area contributed by atoms with Crippen LogP contribution in [0, 0.1) is 0 Å². The van der Waals surface area contributed by atoms with Crippen LogP contribution >= 0.6 is 23.2 Å². The van der Waals surface area contributed by atoms with E-state index in [4.69, 9.17) is 70.7 Å². The van der Waals surface area contributed by atoms with E-state index in [1.807, 2.05) is 170 Å². The smallest absolute Gasteiger partial charge is 0.436 e. The Morgan fingerprint density at radius 2 is 0.477 bits per heavy atom. The molecule has 0 bridgehead atoms. The van der Waals surface area contributed by atoms with Gasteiger partial charge in [0.2, 0.25) is 28.2 Å². The molecule has 1 saturated heterocycles. The maximum atomic E-state index is 6.08. The maximum absolute atomic E-state index is 6.08. The summed E-state index contributed by atoms with van der Waals surface area (Å²) < 4.78 is 34.8. The summed E-state index contributed by atoms with van der Waals surface area (Å²) in [6, 6.07) is 133. The third-order valence-electron chi connectivity index (χ3n) is 24.3. The molecule has 1 fully saturated rings. The van der Waals surface area contributed by atoms with Crippen molar-refractivity contribution in [2.75, 3.05) is 0 Å². The van der Waals surface area contributed by atoms with Gasteiger partial charge in [-0.3, -0.25) is 0 Å². The Morgan fingerprint density at radius 3 is 0.769 bits per heavy atom. The summed E-state index contributed by atoms with van der Waals surface area (Å²) in [5.74, 6) is 3.82. The van der Waals surface area contributed by atoms with Crippen LogP contribution in [0.4, 0.5) is 0 Å². The molecule has 0 saturated carbocycles. The fraction of sp³-hybridized carbons (Fsp3) is 0.0541. The van der Waals surface area contributed by atoms with Gasteiger partial charge in [-0.25, -0.2) is 29.9 Å². The number of nitrogens with zero attached hydrogens (tertiary/aromatic N) is 11. The molecule has 8 heterocycles. The van der Waals surface area contributed by atoms with E-state index in [0.717, 1.165) is 111 Å². The van der Waals surface area contributed by atoms with Gasteiger partial charge in [-0.15, -0.1) is 0 Å². The minimum atomic E-state index is -0.354. The molecule has 130 heavy (non-hydrogen) atoms. The summed E-state index contributed by atoms with van der Waals surface area (Å²) in [4.78, 5) is 41.5. The molecule has 7 aromatic heterocycles. The summed E-state index contributed by atoms with van der Waals surface area (Å²) >= 11 is 12.0. The summed E-state index contributed by atoms with van der Waals surface area (Å²) in [5, 5.41) is 4.91. The standard InChI is InChI=1S/C59H36N6O2.C33H20Cl2N4.C19H20BNO3/c1-3-11-37(12-4-1)44-29-33-51-47(35-44)48-36-45(38-13-5-2-6-14-38)30-34-52(48)65(51)46-31-27-41(28-32-46)57-63-55(39-19-23-42(24-20-39)58-60-49-15-7-9-17-53(49)66-58)62-56(64-57)40-21-25-43(26-22-40)59-61-50-16-8-10-18-54(50)67-59;34-32-36-31(37-33(35)38-32)23-11-15-26(16-12-23)39-29-17-13-24(21-7-3-1-4-8-21)19-27(29)28-20-25(14-18-30(28)39)22-9-5-2-6-10-22;1-18(2)19(3,4)24-20(23-18)14-11-9-13(10-12-14)17-21-15-7-5-6-8-16(15)22-17/h1-36H;1-20H;5-12H,1-4H3. The lowest BCUT2D eigenvalue weighted by molar-refractivity contribution is 0.00578. The quantitative estimate of drug-likeness (QED) is 0.0937. The van der Waals surface area contributed by atoms with Gasteiger partial charge in [0, 0.05) is 71.9 Å². The first-order valence-electron chi connectivity index (χ1n) is 42.8. The number of para-hydroxylation sites is 6. The number of rotatable bonds is 14. The Hall–Kier alpha value is -15.9. The zero-order chi connectivity index (χ0) is 87.6. The number of aromatic nitrogens is 11. The molecule has 0 aliphatic carbocycles. The van der Waals surface area contributed by atoms with Gasteiger partial charge < -0.3 is 31.7 Å². The van der Waals surface area contributed by atoms with Crippen molar-refractivity contribution in [1.82, 2.24) is 54.0 Å². The molecular weight excluding hydrogens is 1650 g/mol. The van der Waals surface area contributed by atoms with Crippen molar-refractivity contribution >= 4 is 113 Å². The fourth-order valence-electron chi connectivity index (χ4n) is 16.9. The van der Waals surface area contributed by atoms with Gasteiger partial charge in [0.15, 0.2) is 40.0 Å². The third kappa shape index (κ3) is 15.6. The fourth-order valence-corrected chi connectivity index (χ4v) is 17.2. The second-order valence-electron chi connectivity index (χ2n) is 33.0. The Kier molecular flexibility index (Phi) is 20.6. The topological polar surface area (TPSA) is 184 Å². The summed E-state index contributed by atoms with van der Waals surface area (Å²) in [6.45, 7) is 8.22. The Labute approximate surface area is 757 Å². The highest BCUT2D eigenvalue weighted by Crippen LogP contribution is 2.43. The third-order valence-corrected chi connectivity index (χ3v) is 24.6. The van der Waals surface area contributed by atoms with Gasteiger partial charge in [0.1, 0.15) is 16.6 Å². The normalized spacial score (nSPS) is 12.9. The number of oxazole rings is 3. The molecule has 16 nitrogen and oxygen atoms in total. The van der Waals surface area contributed by atoms with Gasteiger partial charge in [-0.1, -0.05) is 218 Å². The van der Waals surface area contributed by atoms with Crippen LogP contribution in [-0.2, 0) is 9.31 Å². The molecule has 0 N–H and O–H groups in total. The molecule has 0 unspecified atom stereocenters. The number of benzene rings is 16. The maximum Gasteiger partial charge on any atom is 0.494 e. The number of halogens is 2. The van der Waals surface area contributed by atoms with Crippen LogP contribution in [0.25, 0.3) is 213 Å². The van der Waals surface area contributed by atoms with E-state index < -0.39 is 0 Å². The van der Waals surface area contributed by atoms with Crippen molar-refractivity contribution in [2.45, 2.75) is 38.9 Å². The van der Waals surface area contributed by atoms with Crippen LogP contribution in [-0.4, -0.2) is 72.3 Å². The predicted molar refractivity (Wildman–Crippen MR) is 523 cm³/mol. The second kappa shape index (κ2) is 33.5. The lowest BCUT2D eigenvalue weighted by atomic mass is 9.79. The summed E-state index contributed by atoms with van der Waals surface area (Å²) in [5.41, 5.74) is 27.1. The van der Waals surface area contributed by atoms with Gasteiger partial charge in [-0.05, 0) is 271 Å². The van der Waals surface area contributed by atoms with Crippen LogP contribution in [0.5, 0.6) is 0 Å². The lowest BCUT2D eigenvalue weighted by Crippen LogP contribution is -2.41. The Balaban J connectivity index is 0.000000132. The van der Waals surface area contributed by atoms with Crippen LogP contribution in [0.2, 0.25) is 10.6 Å². The Morgan fingerprint density at radius 1 is 0.231 bits per heavy atom. The van der Waals surface area contributed by atoms with E-state index in [9.17, 15) is 0 Å². The number of hydrogen-bond acceptors (Lipinski definition) is 14. The van der Waals surface area contributed by atoms with Crippen LogP contribution in [0.1, 0.15) is 27.7 Å². The molecule has 1 aliphatic rings. The highest BCUT2D eigenvalue weighted by atomic mass is 35.5. The van der Waals surface area contributed by atoms with Crippen molar-refractivity contribution in [1.29, 1.82) is 0 Å². The van der Waals surface area contributed by atoms with Gasteiger partial charge in [0.25, 0.3) is 0 Å². The summed E-state index contributed by atoms with van der Waals surface area (Å²) in [7, 11) is -0.354. The SMILES string of the molecule is CC1(C)OB(c2ccc(-c3nc4ccccc4o3)cc2)OC1(C)C.Clc1nc(Cl)nc(-c2ccc(-n3c4ccc(-c5ccccc5)cc4c4cc(-c5ccccc5)ccc43)cc2)n1.c1ccc(-c2ccc3c(c2)c2cc(-c4ccccc4)ccc2n3-c2ccc(-c3nc(-c4ccc(-c5nc6ccccc6o5)cc4)nc(-c4ccc(-c5nc6ccccc6o5)cc4)n3)cc2)cc1. The molecule has 0 radical (unpaired) electrons. The summed E-state index contributed by atoms with van der Waals surface area (Å²) in [6.07, 6.45) is 0. The average molecular weight is 1730 g/mol. The molecule has 0 amide bonds. The van der Waals surface area contributed by atoms with Gasteiger partial charge >= 0.3 is 7.12 Å². The second-order valence-corrected chi connectivity index (χ2v) is 33.7. The minimum absolute atomic E-state index is 0.0694. The molecule has 23 aromatic rings. The molecule has 0 spiro atoms. The van der Waals surface area contributed by atoms with Crippen LogP contribution in [0.15, 0.2) is 401 Å². The average Bonchev–Trinajstić information content (AvgIpc) is 1.59. The largest absolute Gasteiger partial charge is 0.494 e. The van der Waals surface area contributed by atoms with Crippen molar-refractivity contribution in [3.8, 4) is 136 Å². The van der Waals surface area contributed by atoms with E-state index in [2.05, 4.69) is 275 Å². The van der Waals surface area contributed by atoms with Crippen molar-refractivity contribution < 1.29 is 22.6 Å². The van der Waals surface area contributed by atoms with Crippen molar-refractivity contribution in [3.05, 3.63) is 399 Å². The lowest BCUT2D eigenvalue weighted by Gasteiger charge is -2.32. The van der Waals surface area contributed by atoms with Gasteiger partial charge in [0.05, 0.1) is 33.3 Å². The van der Waals surface area contributed by atoms with E-state index in [-0.39, 0.29) is 28.9 Å². The molecule has 16 aromatic carbocycles. The number of hydrogen-bond donors (Lipinski definition) is 0. The highest BCUT2D eigenvalue weighted by Gasteiger charge is 2.51. The first-order chi connectivity index (χ1) is 63.6. The van der Waals surface area contributed by atoms with Crippen molar-refractivity contribution in [2.24, 2.45) is 0 Å². The zero-order valence-electron chi connectivity index (χ0n) is 70.7. The van der Waals surface area contributed by atoms with E-state index in [0.29, 0.717) is 41.0 Å². The molecular formula is C111H76BCl2N11O5. The molecule has 622 valence electrons. The Bertz CT molecular complexity index is 7710. The van der Waals surface area contributed by atoms with E-state index >= 15 is 0 Å². The first kappa shape index (κ1) is 80.0. The minimum Gasteiger partial charge on any atom is -0.436 e. The van der Waals surface area contributed by atoms with Crippen LogP contribution in [0.3, 0.4) is 0 Å².